The van der Waals surface area contributed by atoms with Crippen molar-refractivity contribution in [1.82, 2.24) is 0 Å². The van der Waals surface area contributed by atoms with Crippen molar-refractivity contribution in [2.45, 2.75) is 13.3 Å². The average Bonchev–Trinajstić information content (AvgIpc) is 3.28. The van der Waals surface area contributed by atoms with Gasteiger partial charge in [-0.2, -0.15) is 0 Å². The molecule has 0 spiro atoms. The monoisotopic (exact) mass is 419 g/mol. The van der Waals surface area contributed by atoms with E-state index in [9.17, 15) is 9.59 Å². The van der Waals surface area contributed by atoms with E-state index >= 15 is 0 Å². The summed E-state index contributed by atoms with van der Waals surface area (Å²) in [7, 11) is 1.56. The number of nitrogens with zero attached hydrogens (tertiary/aromatic N) is 1. The summed E-state index contributed by atoms with van der Waals surface area (Å²) in [4.78, 5) is 26.9. The van der Waals surface area contributed by atoms with Crippen LogP contribution >= 0.6 is 12.4 Å². The van der Waals surface area contributed by atoms with Crippen LogP contribution in [-0.2, 0) is 9.59 Å². The van der Waals surface area contributed by atoms with Crippen LogP contribution in [0.2, 0.25) is 0 Å². The summed E-state index contributed by atoms with van der Waals surface area (Å²) >= 11 is 0. The van der Waals surface area contributed by atoms with Crippen molar-refractivity contribution in [2.24, 2.45) is 5.92 Å². The zero-order valence-corrected chi connectivity index (χ0v) is 16.9. The standard InChI is InChI=1S/C20H21N3O5.ClH/c1-11-3-4-16(26-2)15(5-11)23-9-12(6-19(23)24)20(25)22-14-8-18-17(7-13(14)21)27-10-28-18;/h3-5,7-8,12H,6,9-10,21H2,1-2H3,(H,22,25);1H. The normalized spacial score (nSPS) is 17.1. The number of hydrogen-bond acceptors (Lipinski definition) is 6. The Hall–Kier alpha value is -3.13. The Balaban J connectivity index is 0.00000240. The number of carbonyl (C=O) groups is 2. The molecule has 2 aromatic carbocycles. The summed E-state index contributed by atoms with van der Waals surface area (Å²) in [5.74, 6) is 0.778. The maximum atomic E-state index is 12.8. The van der Waals surface area contributed by atoms with Gasteiger partial charge in [-0.25, -0.2) is 0 Å². The maximum absolute atomic E-state index is 12.8. The lowest BCUT2D eigenvalue weighted by atomic mass is 10.1. The van der Waals surface area contributed by atoms with Crippen LogP contribution in [0.1, 0.15) is 12.0 Å². The van der Waals surface area contributed by atoms with E-state index in [-0.39, 0.29) is 44.0 Å². The lowest BCUT2D eigenvalue weighted by Crippen LogP contribution is -2.28. The number of nitrogen functional groups attached to an aromatic ring is 1. The highest BCUT2D eigenvalue weighted by molar-refractivity contribution is 6.05. The van der Waals surface area contributed by atoms with E-state index in [4.69, 9.17) is 19.9 Å². The Bertz CT molecular complexity index is 965. The molecule has 29 heavy (non-hydrogen) atoms. The predicted octanol–water partition coefficient (Wildman–Crippen LogP) is 2.73. The van der Waals surface area contributed by atoms with Gasteiger partial charge in [0, 0.05) is 25.1 Å². The van der Waals surface area contributed by atoms with Crippen molar-refractivity contribution >= 4 is 41.3 Å². The predicted molar refractivity (Wildman–Crippen MR) is 111 cm³/mol. The van der Waals surface area contributed by atoms with Crippen molar-refractivity contribution < 1.29 is 23.8 Å². The fourth-order valence-corrected chi connectivity index (χ4v) is 3.43. The first-order chi connectivity index (χ1) is 13.5. The third kappa shape index (κ3) is 3.88. The van der Waals surface area contributed by atoms with Crippen molar-refractivity contribution in [3.8, 4) is 17.2 Å². The Kier molecular flexibility index (Phi) is 5.74. The fourth-order valence-electron chi connectivity index (χ4n) is 3.43. The largest absolute Gasteiger partial charge is 0.495 e. The number of rotatable bonds is 4. The molecule has 0 saturated carbocycles. The molecular weight excluding hydrogens is 398 g/mol. The Labute approximate surface area is 174 Å². The summed E-state index contributed by atoms with van der Waals surface area (Å²) in [6.45, 7) is 2.33. The molecule has 2 amide bonds. The van der Waals surface area contributed by atoms with Crippen LogP contribution in [0.4, 0.5) is 17.1 Å². The Morgan fingerprint density at radius 1 is 1.24 bits per heavy atom. The second kappa shape index (κ2) is 8.08. The molecule has 0 aliphatic carbocycles. The minimum Gasteiger partial charge on any atom is -0.495 e. The molecule has 1 fully saturated rings. The van der Waals surface area contributed by atoms with Crippen LogP contribution in [0.3, 0.4) is 0 Å². The minimum absolute atomic E-state index is 0. The zero-order valence-electron chi connectivity index (χ0n) is 16.1. The number of halogens is 1. The number of amides is 2. The van der Waals surface area contributed by atoms with E-state index in [1.54, 1.807) is 24.1 Å². The van der Waals surface area contributed by atoms with Crippen LogP contribution in [0.5, 0.6) is 17.2 Å². The molecule has 154 valence electrons. The molecule has 1 atom stereocenters. The number of benzene rings is 2. The number of nitrogens with one attached hydrogen (secondary N) is 1. The van der Waals surface area contributed by atoms with E-state index in [1.807, 2.05) is 25.1 Å². The van der Waals surface area contributed by atoms with Gasteiger partial charge in [-0.1, -0.05) is 6.07 Å². The molecular formula is C20H22ClN3O5. The maximum Gasteiger partial charge on any atom is 0.231 e. The molecule has 0 radical (unpaired) electrons. The van der Waals surface area contributed by atoms with Gasteiger partial charge in [0.2, 0.25) is 18.6 Å². The minimum atomic E-state index is -0.498. The lowest BCUT2D eigenvalue weighted by molar-refractivity contribution is -0.122. The van der Waals surface area contributed by atoms with E-state index < -0.39 is 5.92 Å². The molecule has 9 heteroatoms. The molecule has 2 aliphatic rings. The van der Waals surface area contributed by atoms with Crippen molar-refractivity contribution in [3.05, 3.63) is 35.9 Å². The first-order valence-electron chi connectivity index (χ1n) is 8.91. The molecule has 1 unspecified atom stereocenters. The molecule has 4 rings (SSSR count). The number of hydrogen-bond donors (Lipinski definition) is 2. The molecule has 8 nitrogen and oxygen atoms in total. The molecule has 2 aromatic rings. The van der Waals surface area contributed by atoms with Crippen molar-refractivity contribution in [2.75, 3.05) is 36.4 Å². The van der Waals surface area contributed by atoms with Crippen LogP contribution in [-0.4, -0.2) is 32.3 Å². The third-order valence-electron chi connectivity index (χ3n) is 4.92. The average molecular weight is 420 g/mol. The highest BCUT2D eigenvalue weighted by Gasteiger charge is 2.36. The number of nitrogens with two attached hydrogens (primary N) is 1. The van der Waals surface area contributed by atoms with Crippen molar-refractivity contribution in [1.29, 1.82) is 0 Å². The van der Waals surface area contributed by atoms with Gasteiger partial charge < -0.3 is 30.2 Å². The van der Waals surface area contributed by atoms with Crippen LogP contribution in [0, 0.1) is 12.8 Å². The number of ether oxygens (including phenoxy) is 3. The molecule has 3 N–H and O–H groups in total. The lowest BCUT2D eigenvalue weighted by Gasteiger charge is -2.20. The van der Waals surface area contributed by atoms with Crippen LogP contribution < -0.4 is 30.2 Å². The highest BCUT2D eigenvalue weighted by atomic mass is 35.5. The van der Waals surface area contributed by atoms with E-state index in [0.717, 1.165) is 5.56 Å². The summed E-state index contributed by atoms with van der Waals surface area (Å²) in [6, 6.07) is 8.86. The third-order valence-corrected chi connectivity index (χ3v) is 4.92. The second-order valence-electron chi connectivity index (χ2n) is 6.86. The summed E-state index contributed by atoms with van der Waals surface area (Å²) in [5.41, 5.74) is 8.48. The number of anilines is 3. The molecule has 0 bridgehead atoms. The first-order valence-corrected chi connectivity index (χ1v) is 8.91. The summed E-state index contributed by atoms with van der Waals surface area (Å²) in [5, 5.41) is 2.80. The van der Waals surface area contributed by atoms with Gasteiger partial charge >= 0.3 is 0 Å². The van der Waals surface area contributed by atoms with E-state index in [1.165, 1.54) is 0 Å². The van der Waals surface area contributed by atoms with Gasteiger partial charge in [-0.3, -0.25) is 9.59 Å². The SMILES string of the molecule is COc1ccc(C)cc1N1CC(C(=O)Nc2cc3c(cc2N)OCO3)CC1=O.Cl. The smallest absolute Gasteiger partial charge is 0.231 e. The van der Waals surface area contributed by atoms with Crippen LogP contribution in [0.15, 0.2) is 30.3 Å². The van der Waals surface area contributed by atoms with E-state index in [0.29, 0.717) is 34.3 Å². The van der Waals surface area contributed by atoms with Crippen molar-refractivity contribution in [3.63, 3.8) is 0 Å². The highest BCUT2D eigenvalue weighted by Crippen LogP contribution is 2.39. The number of methoxy groups -OCH3 is 1. The zero-order chi connectivity index (χ0) is 19.8. The van der Waals surface area contributed by atoms with Gasteiger partial charge in [-0.05, 0) is 24.6 Å². The molecule has 2 aliphatic heterocycles. The Morgan fingerprint density at radius 2 is 1.97 bits per heavy atom. The number of carbonyl (C=O) groups excluding carboxylic acids is 2. The quantitative estimate of drug-likeness (QED) is 0.738. The van der Waals surface area contributed by atoms with Gasteiger partial charge in [0.25, 0.3) is 0 Å². The Morgan fingerprint density at radius 3 is 2.69 bits per heavy atom. The van der Waals surface area contributed by atoms with Gasteiger partial charge in [0.05, 0.1) is 30.1 Å². The summed E-state index contributed by atoms with van der Waals surface area (Å²) in [6.07, 6.45) is 0.118. The fraction of sp³-hybridized carbons (Fsp3) is 0.300. The van der Waals surface area contributed by atoms with Gasteiger partial charge in [0.1, 0.15) is 5.75 Å². The van der Waals surface area contributed by atoms with Gasteiger partial charge in [0.15, 0.2) is 11.5 Å². The number of fused-ring (bicyclic) bond motifs is 1. The molecule has 1 saturated heterocycles. The summed E-state index contributed by atoms with van der Waals surface area (Å²) < 4.78 is 16.0. The number of aryl methyl sites for hydroxylation is 1. The molecule has 2 heterocycles. The second-order valence-corrected chi connectivity index (χ2v) is 6.86. The first kappa shape index (κ1) is 20.6. The van der Waals surface area contributed by atoms with Crippen LogP contribution in [0.25, 0.3) is 0 Å². The topological polar surface area (TPSA) is 103 Å². The molecule has 0 aromatic heterocycles. The van der Waals surface area contributed by atoms with Gasteiger partial charge in [-0.15, -0.1) is 12.4 Å². The van der Waals surface area contributed by atoms with E-state index in [2.05, 4.69) is 5.32 Å².